The number of rotatable bonds is 7. The minimum absolute atomic E-state index is 0. The average molecular weight is 509 g/mol. The Labute approximate surface area is 219 Å². The maximum absolute atomic E-state index is 13.0. The maximum Gasteiger partial charge on any atom is 0.258 e. The molecule has 8 rings (SSSR count). The van der Waals surface area contributed by atoms with E-state index in [9.17, 15) is 4.79 Å². The monoisotopic (exact) mass is 508 g/mol. The fraction of sp³-hybridized carbons (Fsp3) is 0.586. The number of nitrogens with zero attached hydrogens (tertiary/aromatic N) is 4. The molecule has 1 aromatic carbocycles. The highest BCUT2D eigenvalue weighted by atomic mass is 35.5. The van der Waals surface area contributed by atoms with Crippen LogP contribution in [-0.4, -0.2) is 45.5 Å². The lowest BCUT2D eigenvalue weighted by Gasteiger charge is -2.56. The Morgan fingerprint density at radius 3 is 2.36 bits per heavy atom. The molecule has 0 radical (unpaired) electrons. The van der Waals surface area contributed by atoms with E-state index in [4.69, 9.17) is 4.74 Å². The Morgan fingerprint density at radius 1 is 0.944 bits per heavy atom. The normalized spacial score (nSPS) is 29.1. The summed E-state index contributed by atoms with van der Waals surface area (Å²) in [6.45, 7) is 5.12. The summed E-state index contributed by atoms with van der Waals surface area (Å²) in [6, 6.07) is 9.78. The van der Waals surface area contributed by atoms with Crippen molar-refractivity contribution >= 4 is 23.3 Å². The number of hydrogen-bond acceptors (Lipinski definition) is 4. The van der Waals surface area contributed by atoms with E-state index in [0.29, 0.717) is 11.2 Å². The van der Waals surface area contributed by atoms with Gasteiger partial charge in [-0.25, -0.2) is 0 Å². The van der Waals surface area contributed by atoms with Crippen molar-refractivity contribution in [2.24, 2.45) is 23.2 Å². The number of ether oxygens (including phenoxy) is 1. The van der Waals surface area contributed by atoms with E-state index in [1.54, 1.807) is 10.6 Å². The first kappa shape index (κ1) is 24.1. The number of fused-ring (bicyclic) bond motifs is 1. The first-order valence-corrected chi connectivity index (χ1v) is 13.7. The van der Waals surface area contributed by atoms with Crippen LogP contribution >= 0.6 is 12.4 Å². The topological polar surface area (TPSA) is 52.3 Å². The van der Waals surface area contributed by atoms with Crippen molar-refractivity contribution in [2.45, 2.75) is 57.9 Å². The lowest BCUT2D eigenvalue weighted by atomic mass is 9.50. The lowest BCUT2D eigenvalue weighted by Crippen LogP contribution is -2.48. The summed E-state index contributed by atoms with van der Waals surface area (Å²) in [5.41, 5.74) is 2.29. The Morgan fingerprint density at radius 2 is 1.67 bits per heavy atom. The number of halogens is 1. The SMILES string of the molecule is Cl.O=c1cc(OCC23CC4CC(CC(C4)C2)C3)ccn1-c1ccc2c(cnn2CCN2CCCC2)c1. The number of hydrogen-bond donors (Lipinski definition) is 0. The van der Waals surface area contributed by atoms with Gasteiger partial charge in [-0.15, -0.1) is 12.4 Å². The molecule has 2 aromatic heterocycles. The number of pyridine rings is 1. The fourth-order valence-corrected chi connectivity index (χ4v) is 8.11. The smallest absolute Gasteiger partial charge is 0.258 e. The van der Waals surface area contributed by atoms with Crippen molar-refractivity contribution in [1.82, 2.24) is 19.2 Å². The van der Waals surface area contributed by atoms with Gasteiger partial charge in [0, 0.05) is 35.3 Å². The second-order valence-corrected chi connectivity index (χ2v) is 11.9. The number of likely N-dealkylation sites (tertiary alicyclic amines) is 1. The zero-order valence-corrected chi connectivity index (χ0v) is 21.8. The number of benzene rings is 1. The Kier molecular flexibility index (Phi) is 6.37. The van der Waals surface area contributed by atoms with Gasteiger partial charge in [0.2, 0.25) is 0 Å². The minimum atomic E-state index is -0.0474. The van der Waals surface area contributed by atoms with Crippen molar-refractivity contribution in [3.63, 3.8) is 0 Å². The molecule has 0 atom stereocenters. The molecular formula is C29H37ClN4O2. The van der Waals surface area contributed by atoms with Crippen molar-refractivity contribution in [2.75, 3.05) is 26.2 Å². The molecule has 0 amide bonds. The molecule has 4 aliphatic carbocycles. The predicted molar refractivity (Wildman–Crippen MR) is 144 cm³/mol. The Balaban J connectivity index is 0.00000240. The van der Waals surface area contributed by atoms with E-state index in [2.05, 4.69) is 26.8 Å². The van der Waals surface area contributed by atoms with Gasteiger partial charge in [-0.05, 0) is 106 Å². The van der Waals surface area contributed by atoms with Gasteiger partial charge < -0.3 is 9.64 Å². The van der Waals surface area contributed by atoms with Crippen molar-refractivity contribution < 1.29 is 4.74 Å². The molecule has 3 aromatic rings. The third-order valence-electron chi connectivity index (χ3n) is 9.33. The van der Waals surface area contributed by atoms with Gasteiger partial charge in [-0.1, -0.05) is 0 Å². The van der Waals surface area contributed by atoms with Crippen LogP contribution in [-0.2, 0) is 6.54 Å². The van der Waals surface area contributed by atoms with Gasteiger partial charge in [0.05, 0.1) is 24.9 Å². The van der Waals surface area contributed by atoms with Crippen LogP contribution < -0.4 is 10.3 Å². The summed E-state index contributed by atoms with van der Waals surface area (Å²) < 4.78 is 10.1. The first-order chi connectivity index (χ1) is 17.1. The molecule has 0 N–H and O–H groups in total. The van der Waals surface area contributed by atoms with Gasteiger partial charge in [-0.3, -0.25) is 14.0 Å². The highest BCUT2D eigenvalue weighted by Gasteiger charge is 2.51. The van der Waals surface area contributed by atoms with E-state index < -0.39 is 0 Å². The van der Waals surface area contributed by atoms with Crippen LogP contribution in [0.1, 0.15) is 51.4 Å². The molecule has 192 valence electrons. The zero-order chi connectivity index (χ0) is 23.4. The standard InChI is InChI=1S/C29H36N4O2.ClH/c34-28-15-26(35-20-29-16-21-11-22(17-29)13-23(12-21)18-29)5-8-32(28)25-3-4-27-24(14-25)19-30-33(27)10-9-31-6-1-2-7-31;/h3-5,8,14-15,19,21-23H,1-2,6-7,9-13,16-18,20H2;1H. The van der Waals surface area contributed by atoms with E-state index >= 15 is 0 Å². The van der Waals surface area contributed by atoms with Crippen LogP contribution in [0.4, 0.5) is 0 Å². The summed E-state index contributed by atoms with van der Waals surface area (Å²) in [5, 5.41) is 5.68. The quantitative estimate of drug-likeness (QED) is 0.434. The fourth-order valence-electron chi connectivity index (χ4n) is 8.11. The lowest BCUT2D eigenvalue weighted by molar-refractivity contribution is -0.0745. The second kappa shape index (κ2) is 9.53. The summed E-state index contributed by atoms with van der Waals surface area (Å²) in [5.74, 6) is 3.45. The summed E-state index contributed by atoms with van der Waals surface area (Å²) in [4.78, 5) is 15.5. The molecule has 3 heterocycles. The summed E-state index contributed by atoms with van der Waals surface area (Å²) in [7, 11) is 0. The van der Waals surface area contributed by atoms with Crippen LogP contribution in [0.25, 0.3) is 16.6 Å². The molecule has 5 fully saturated rings. The third-order valence-corrected chi connectivity index (χ3v) is 9.33. The van der Waals surface area contributed by atoms with Crippen molar-refractivity contribution in [3.8, 4) is 11.4 Å². The molecule has 4 saturated carbocycles. The molecule has 36 heavy (non-hydrogen) atoms. The predicted octanol–water partition coefficient (Wildman–Crippen LogP) is 5.30. The summed E-state index contributed by atoms with van der Waals surface area (Å²) in [6.07, 6.45) is 14.7. The molecule has 7 heteroatoms. The Bertz CT molecular complexity index is 1260. The molecule has 1 aliphatic heterocycles. The van der Waals surface area contributed by atoms with Gasteiger partial charge in [0.1, 0.15) is 5.75 Å². The van der Waals surface area contributed by atoms with E-state index in [-0.39, 0.29) is 18.0 Å². The van der Waals surface area contributed by atoms with Crippen LogP contribution in [0.2, 0.25) is 0 Å². The largest absolute Gasteiger partial charge is 0.493 e. The molecule has 0 unspecified atom stereocenters. The molecular weight excluding hydrogens is 472 g/mol. The van der Waals surface area contributed by atoms with Crippen molar-refractivity contribution in [1.29, 1.82) is 0 Å². The van der Waals surface area contributed by atoms with E-state index in [1.807, 2.05) is 24.5 Å². The van der Waals surface area contributed by atoms with Crippen LogP contribution in [0.5, 0.6) is 5.75 Å². The maximum atomic E-state index is 13.0. The second-order valence-electron chi connectivity index (χ2n) is 11.9. The summed E-state index contributed by atoms with van der Waals surface area (Å²) >= 11 is 0. The van der Waals surface area contributed by atoms with E-state index in [1.165, 1.54) is 64.5 Å². The van der Waals surface area contributed by atoms with E-state index in [0.717, 1.165) is 54.0 Å². The molecule has 1 saturated heterocycles. The molecule has 4 bridgehead atoms. The van der Waals surface area contributed by atoms with Crippen molar-refractivity contribution in [3.05, 3.63) is 53.1 Å². The first-order valence-electron chi connectivity index (χ1n) is 13.7. The van der Waals surface area contributed by atoms with Crippen LogP contribution in [0, 0.1) is 23.2 Å². The molecule has 6 nitrogen and oxygen atoms in total. The number of aromatic nitrogens is 3. The average Bonchev–Trinajstić information content (AvgIpc) is 3.50. The molecule has 0 spiro atoms. The molecule has 5 aliphatic rings. The Hall–Kier alpha value is -2.31. The van der Waals surface area contributed by atoms with Crippen LogP contribution in [0.15, 0.2) is 47.5 Å². The van der Waals surface area contributed by atoms with Gasteiger partial charge >= 0.3 is 0 Å². The van der Waals surface area contributed by atoms with Crippen LogP contribution in [0.3, 0.4) is 0 Å². The third kappa shape index (κ3) is 4.47. The zero-order valence-electron chi connectivity index (χ0n) is 21.0. The highest BCUT2D eigenvalue weighted by Crippen LogP contribution is 2.60. The van der Waals surface area contributed by atoms with Gasteiger partial charge in [0.15, 0.2) is 0 Å². The minimum Gasteiger partial charge on any atom is -0.493 e. The highest BCUT2D eigenvalue weighted by molar-refractivity contribution is 5.85. The van der Waals surface area contributed by atoms with Gasteiger partial charge in [-0.2, -0.15) is 5.10 Å². The van der Waals surface area contributed by atoms with Gasteiger partial charge in [0.25, 0.3) is 5.56 Å².